The maximum Gasteiger partial charge on any atom is 0.240 e. The van der Waals surface area contributed by atoms with Crippen molar-refractivity contribution in [1.82, 2.24) is 15.4 Å². The van der Waals surface area contributed by atoms with Gasteiger partial charge in [0, 0.05) is 19.6 Å². The van der Waals surface area contributed by atoms with Crippen LogP contribution in [0.15, 0.2) is 57.0 Å². The van der Waals surface area contributed by atoms with E-state index in [0.29, 0.717) is 25.6 Å². The lowest BCUT2D eigenvalue weighted by Crippen LogP contribution is -2.41. The second kappa shape index (κ2) is 11.2. The first kappa shape index (κ1) is 22.5. The molecule has 1 heterocycles. The molecule has 0 atom stereocenters. The molecule has 1 aromatic carbocycles. The SMILES string of the molecule is CCNC(=NCc1ccco1)NCCNS(=O)(=O)c1ccc(C)cc1.I. The Hall–Kier alpha value is -1.59. The van der Waals surface area contributed by atoms with Gasteiger partial charge in [0.2, 0.25) is 10.0 Å². The minimum atomic E-state index is -3.50. The van der Waals surface area contributed by atoms with Crippen LogP contribution in [-0.4, -0.2) is 34.0 Å². The molecule has 2 aromatic rings. The molecule has 0 spiro atoms. The molecule has 1 aromatic heterocycles. The van der Waals surface area contributed by atoms with Gasteiger partial charge in [-0.1, -0.05) is 17.7 Å². The van der Waals surface area contributed by atoms with Crippen LogP contribution in [-0.2, 0) is 16.6 Å². The van der Waals surface area contributed by atoms with Crippen molar-refractivity contribution in [2.24, 2.45) is 4.99 Å². The molecular formula is C17H25IN4O3S. The molecule has 0 saturated carbocycles. The van der Waals surface area contributed by atoms with Crippen LogP contribution in [0.1, 0.15) is 18.2 Å². The number of nitrogens with zero attached hydrogens (tertiary/aromatic N) is 1. The number of nitrogens with one attached hydrogen (secondary N) is 3. The highest BCUT2D eigenvalue weighted by atomic mass is 127. The van der Waals surface area contributed by atoms with Crippen molar-refractivity contribution in [3.8, 4) is 0 Å². The Kier molecular flexibility index (Phi) is 9.66. The summed E-state index contributed by atoms with van der Waals surface area (Å²) in [6, 6.07) is 10.4. The molecule has 26 heavy (non-hydrogen) atoms. The van der Waals surface area contributed by atoms with Crippen molar-refractivity contribution in [1.29, 1.82) is 0 Å². The summed E-state index contributed by atoms with van der Waals surface area (Å²) in [5.74, 6) is 1.37. The van der Waals surface area contributed by atoms with Gasteiger partial charge in [-0.25, -0.2) is 18.1 Å². The minimum absolute atomic E-state index is 0. The van der Waals surface area contributed by atoms with Gasteiger partial charge in [-0.3, -0.25) is 0 Å². The Bertz CT molecular complexity index is 775. The quantitative estimate of drug-likeness (QED) is 0.228. The molecule has 9 heteroatoms. The highest BCUT2D eigenvalue weighted by Gasteiger charge is 2.12. The van der Waals surface area contributed by atoms with E-state index < -0.39 is 10.0 Å². The smallest absolute Gasteiger partial charge is 0.240 e. The van der Waals surface area contributed by atoms with Gasteiger partial charge < -0.3 is 15.1 Å². The van der Waals surface area contributed by atoms with Crippen molar-refractivity contribution in [2.45, 2.75) is 25.3 Å². The minimum Gasteiger partial charge on any atom is -0.467 e. The van der Waals surface area contributed by atoms with Gasteiger partial charge in [-0.15, -0.1) is 24.0 Å². The standard InChI is InChI=1S/C17H24N4O3S.HI/c1-3-18-17(20-13-15-5-4-12-24-15)19-10-11-21-25(22,23)16-8-6-14(2)7-9-16;/h4-9,12,21H,3,10-11,13H2,1-2H3,(H2,18,19,20);1H. The van der Waals surface area contributed by atoms with Crippen LogP contribution >= 0.6 is 24.0 Å². The number of aryl methyl sites for hydroxylation is 1. The van der Waals surface area contributed by atoms with Crippen LogP contribution in [0.2, 0.25) is 0 Å². The van der Waals surface area contributed by atoms with Gasteiger partial charge in [0.05, 0.1) is 11.2 Å². The molecule has 2 rings (SSSR count). The van der Waals surface area contributed by atoms with Gasteiger partial charge in [-0.2, -0.15) is 0 Å². The summed E-state index contributed by atoms with van der Waals surface area (Å²) in [5, 5.41) is 6.19. The molecular weight excluding hydrogens is 467 g/mol. The topological polar surface area (TPSA) is 95.7 Å². The van der Waals surface area contributed by atoms with Gasteiger partial charge in [0.15, 0.2) is 5.96 Å². The third-order valence-corrected chi connectivity index (χ3v) is 4.84. The van der Waals surface area contributed by atoms with E-state index in [1.807, 2.05) is 26.0 Å². The van der Waals surface area contributed by atoms with E-state index >= 15 is 0 Å². The summed E-state index contributed by atoms with van der Waals surface area (Å²) in [4.78, 5) is 4.64. The lowest BCUT2D eigenvalue weighted by atomic mass is 10.2. The summed E-state index contributed by atoms with van der Waals surface area (Å²) in [6.07, 6.45) is 1.60. The summed E-state index contributed by atoms with van der Waals surface area (Å²) < 4.78 is 32.2. The van der Waals surface area contributed by atoms with Crippen molar-refractivity contribution in [3.63, 3.8) is 0 Å². The van der Waals surface area contributed by atoms with Crippen molar-refractivity contribution >= 4 is 40.0 Å². The number of halogens is 1. The highest BCUT2D eigenvalue weighted by molar-refractivity contribution is 14.0. The number of aliphatic imine (C=N–C) groups is 1. The fourth-order valence-corrected chi connectivity index (χ4v) is 3.10. The van der Waals surface area contributed by atoms with Gasteiger partial charge in [-0.05, 0) is 38.1 Å². The van der Waals surface area contributed by atoms with E-state index in [0.717, 1.165) is 11.3 Å². The lowest BCUT2D eigenvalue weighted by molar-refractivity contribution is 0.512. The Morgan fingerprint density at radius 3 is 2.46 bits per heavy atom. The molecule has 144 valence electrons. The molecule has 3 N–H and O–H groups in total. The Morgan fingerprint density at radius 1 is 1.12 bits per heavy atom. The number of furan rings is 1. The Labute approximate surface area is 171 Å². The third kappa shape index (κ3) is 7.34. The van der Waals surface area contributed by atoms with Crippen LogP contribution in [0.4, 0.5) is 0 Å². The maximum absolute atomic E-state index is 12.2. The number of rotatable bonds is 8. The zero-order valence-corrected chi connectivity index (χ0v) is 18.0. The summed E-state index contributed by atoms with van der Waals surface area (Å²) >= 11 is 0. The van der Waals surface area contributed by atoms with E-state index in [4.69, 9.17) is 4.42 Å². The van der Waals surface area contributed by atoms with Crippen LogP contribution in [0.3, 0.4) is 0 Å². The number of guanidine groups is 1. The monoisotopic (exact) mass is 492 g/mol. The molecule has 0 aliphatic carbocycles. The zero-order valence-electron chi connectivity index (χ0n) is 14.9. The van der Waals surface area contributed by atoms with Crippen molar-refractivity contribution in [3.05, 3.63) is 54.0 Å². The molecule has 0 saturated heterocycles. The first-order chi connectivity index (χ1) is 12.0. The molecule has 0 unspecified atom stereocenters. The summed E-state index contributed by atoms with van der Waals surface area (Å²) in [5.41, 5.74) is 1.02. The Morgan fingerprint density at radius 2 is 1.85 bits per heavy atom. The molecule has 0 bridgehead atoms. The molecule has 0 aliphatic rings. The second-order valence-corrected chi connectivity index (χ2v) is 7.18. The van der Waals surface area contributed by atoms with Gasteiger partial charge in [0.1, 0.15) is 12.3 Å². The molecule has 0 fully saturated rings. The molecule has 0 aliphatic heterocycles. The zero-order chi connectivity index (χ0) is 18.1. The van der Waals surface area contributed by atoms with E-state index in [2.05, 4.69) is 20.3 Å². The van der Waals surface area contributed by atoms with Crippen LogP contribution in [0.5, 0.6) is 0 Å². The van der Waals surface area contributed by atoms with Crippen LogP contribution < -0.4 is 15.4 Å². The van der Waals surface area contributed by atoms with Crippen LogP contribution in [0.25, 0.3) is 0 Å². The fraction of sp³-hybridized carbons (Fsp3) is 0.353. The summed E-state index contributed by atoms with van der Waals surface area (Å²) in [7, 11) is -3.50. The second-order valence-electron chi connectivity index (χ2n) is 5.41. The number of hydrogen-bond donors (Lipinski definition) is 3. The molecule has 0 amide bonds. The molecule has 0 radical (unpaired) electrons. The van der Waals surface area contributed by atoms with E-state index in [1.165, 1.54) is 0 Å². The van der Waals surface area contributed by atoms with Gasteiger partial charge in [0.25, 0.3) is 0 Å². The largest absolute Gasteiger partial charge is 0.467 e. The van der Waals surface area contributed by atoms with Crippen molar-refractivity contribution in [2.75, 3.05) is 19.6 Å². The predicted molar refractivity (Wildman–Crippen MR) is 113 cm³/mol. The van der Waals surface area contributed by atoms with E-state index in [1.54, 1.807) is 30.5 Å². The fourth-order valence-electron chi connectivity index (χ4n) is 2.07. The number of hydrogen-bond acceptors (Lipinski definition) is 4. The normalized spacial score (nSPS) is 11.7. The van der Waals surface area contributed by atoms with Crippen molar-refractivity contribution < 1.29 is 12.8 Å². The maximum atomic E-state index is 12.2. The first-order valence-corrected chi connectivity index (χ1v) is 9.60. The highest BCUT2D eigenvalue weighted by Crippen LogP contribution is 2.09. The average molecular weight is 492 g/mol. The first-order valence-electron chi connectivity index (χ1n) is 8.12. The number of sulfonamides is 1. The lowest BCUT2D eigenvalue weighted by Gasteiger charge is -2.12. The molecule has 7 nitrogen and oxygen atoms in total. The van der Waals surface area contributed by atoms with Crippen LogP contribution in [0, 0.1) is 6.92 Å². The Balaban J connectivity index is 0.00000338. The van der Waals surface area contributed by atoms with Gasteiger partial charge >= 0.3 is 0 Å². The third-order valence-electron chi connectivity index (χ3n) is 3.36. The van der Waals surface area contributed by atoms with E-state index in [9.17, 15) is 8.42 Å². The predicted octanol–water partition coefficient (Wildman–Crippen LogP) is 2.24. The average Bonchev–Trinajstić information content (AvgIpc) is 3.10. The number of benzene rings is 1. The summed E-state index contributed by atoms with van der Waals surface area (Å²) in [6.45, 7) is 5.66. The van der Waals surface area contributed by atoms with E-state index in [-0.39, 0.29) is 35.4 Å².